The Bertz CT molecular complexity index is 1130. The lowest BCUT2D eigenvalue weighted by atomic mass is 10.1. The van der Waals surface area contributed by atoms with Gasteiger partial charge in [0.1, 0.15) is 23.0 Å². The summed E-state index contributed by atoms with van der Waals surface area (Å²) in [4.78, 5) is 0.128. The van der Waals surface area contributed by atoms with Crippen molar-refractivity contribution in [2.75, 3.05) is 34.0 Å². The lowest BCUT2D eigenvalue weighted by Gasteiger charge is -2.21. The van der Waals surface area contributed by atoms with Gasteiger partial charge in [-0.2, -0.15) is 13.5 Å². The Morgan fingerprint density at radius 1 is 1.16 bits per heavy atom. The van der Waals surface area contributed by atoms with Gasteiger partial charge in [0.25, 0.3) is 10.0 Å². The van der Waals surface area contributed by atoms with Crippen LogP contribution in [-0.4, -0.2) is 59.5 Å². The maximum Gasteiger partial charge on any atom is 0.285 e. The first-order valence-corrected chi connectivity index (χ1v) is 11.8. The van der Waals surface area contributed by atoms with Crippen molar-refractivity contribution in [3.8, 4) is 11.5 Å². The van der Waals surface area contributed by atoms with E-state index in [-0.39, 0.29) is 16.6 Å². The van der Waals surface area contributed by atoms with Gasteiger partial charge >= 0.3 is 0 Å². The number of methoxy groups -OCH3 is 2. The molecule has 0 unspecified atom stereocenters. The van der Waals surface area contributed by atoms with Gasteiger partial charge in [-0.05, 0) is 41.8 Å². The summed E-state index contributed by atoms with van der Waals surface area (Å²) >= 11 is 6.09. The molecular weight excluding hydrogens is 454 g/mol. The van der Waals surface area contributed by atoms with E-state index in [4.69, 9.17) is 25.8 Å². The molecule has 172 valence electrons. The highest BCUT2D eigenvalue weighted by atomic mass is 35.5. The number of benzene rings is 2. The molecule has 2 aromatic carbocycles. The molecule has 0 radical (unpaired) electrons. The molecule has 0 bridgehead atoms. The fourth-order valence-electron chi connectivity index (χ4n) is 3.07. The zero-order valence-corrected chi connectivity index (χ0v) is 20.0. The van der Waals surface area contributed by atoms with Crippen LogP contribution in [0.25, 0.3) is 0 Å². The van der Waals surface area contributed by atoms with Crippen LogP contribution in [0.2, 0.25) is 5.02 Å². The molecule has 0 spiro atoms. The predicted molar refractivity (Wildman–Crippen MR) is 125 cm³/mol. The molecule has 0 atom stereocenters. The van der Waals surface area contributed by atoms with Crippen LogP contribution >= 0.6 is 11.6 Å². The average Bonchev–Trinajstić information content (AvgIpc) is 3.02. The number of hydrogen-bond acceptors (Lipinski definition) is 7. The number of rotatable bonds is 9. The fourth-order valence-corrected chi connectivity index (χ4v) is 4.45. The van der Waals surface area contributed by atoms with Crippen LogP contribution in [0.4, 0.5) is 0 Å². The molecule has 0 aliphatic carbocycles. The third-order valence-electron chi connectivity index (χ3n) is 4.54. The largest absolute Gasteiger partial charge is 0.495 e. The summed E-state index contributed by atoms with van der Waals surface area (Å²) in [6.07, 6.45) is 1.62. The van der Waals surface area contributed by atoms with Crippen molar-refractivity contribution in [3.63, 3.8) is 0 Å². The average molecular weight is 480 g/mol. The van der Waals surface area contributed by atoms with E-state index >= 15 is 0 Å². The van der Waals surface area contributed by atoms with Gasteiger partial charge in [-0.15, -0.1) is 4.40 Å². The summed E-state index contributed by atoms with van der Waals surface area (Å²) in [5.74, 6) is 1.50. The molecule has 0 saturated heterocycles. The highest BCUT2D eigenvalue weighted by molar-refractivity contribution is 7.90. The van der Waals surface area contributed by atoms with E-state index in [1.807, 2.05) is 13.8 Å². The first-order chi connectivity index (χ1) is 15.2. The maximum absolute atomic E-state index is 12.7. The molecule has 0 aromatic heterocycles. The Balaban J connectivity index is 1.97. The van der Waals surface area contributed by atoms with E-state index in [0.29, 0.717) is 41.8 Å². The van der Waals surface area contributed by atoms with Gasteiger partial charge in [0, 0.05) is 19.2 Å². The number of sulfonamides is 1. The summed E-state index contributed by atoms with van der Waals surface area (Å²) in [5, 5.41) is 6.63. The molecule has 0 N–H and O–H groups in total. The van der Waals surface area contributed by atoms with Gasteiger partial charge in [-0.1, -0.05) is 31.5 Å². The molecular formula is C22H26ClN3O5S. The lowest BCUT2D eigenvalue weighted by Crippen LogP contribution is -2.29. The van der Waals surface area contributed by atoms with Gasteiger partial charge < -0.3 is 14.2 Å². The van der Waals surface area contributed by atoms with E-state index in [1.165, 1.54) is 13.2 Å². The highest BCUT2D eigenvalue weighted by Crippen LogP contribution is 2.31. The molecule has 1 aliphatic rings. The second-order valence-electron chi connectivity index (χ2n) is 7.50. The number of halogens is 1. The van der Waals surface area contributed by atoms with Crippen LogP contribution in [0.1, 0.15) is 25.0 Å². The molecule has 3 rings (SSSR count). The summed E-state index contributed by atoms with van der Waals surface area (Å²) in [6.45, 7) is 5.27. The number of amidine groups is 1. The minimum absolute atomic E-state index is 0.128. The second kappa shape index (κ2) is 10.3. The Morgan fingerprint density at radius 2 is 1.94 bits per heavy atom. The maximum atomic E-state index is 12.7. The molecule has 1 aliphatic heterocycles. The number of fused-ring (bicyclic) bond motifs is 1. The fraction of sp³-hybridized carbons (Fsp3) is 0.364. The van der Waals surface area contributed by atoms with E-state index < -0.39 is 10.0 Å². The lowest BCUT2D eigenvalue weighted by molar-refractivity contribution is 0.146. The number of ether oxygens (including phenoxy) is 3. The van der Waals surface area contributed by atoms with Crippen LogP contribution < -0.4 is 9.47 Å². The number of hydrogen-bond donors (Lipinski definition) is 0. The minimum Gasteiger partial charge on any atom is -0.495 e. The van der Waals surface area contributed by atoms with Crippen molar-refractivity contribution >= 4 is 33.7 Å². The van der Waals surface area contributed by atoms with Crippen LogP contribution in [-0.2, 0) is 14.8 Å². The second-order valence-corrected chi connectivity index (χ2v) is 9.48. The zero-order chi connectivity index (χ0) is 23.3. The zero-order valence-electron chi connectivity index (χ0n) is 18.4. The van der Waals surface area contributed by atoms with Crippen LogP contribution in [0.5, 0.6) is 11.5 Å². The van der Waals surface area contributed by atoms with Crippen LogP contribution in [0.3, 0.4) is 0 Å². The predicted octanol–water partition coefficient (Wildman–Crippen LogP) is 3.81. The van der Waals surface area contributed by atoms with E-state index in [9.17, 15) is 8.42 Å². The molecule has 1 heterocycles. The Kier molecular flexibility index (Phi) is 7.76. The topological polar surface area (TPSA) is 89.8 Å². The quantitative estimate of drug-likeness (QED) is 0.308. The summed E-state index contributed by atoms with van der Waals surface area (Å²) in [7, 11) is -0.701. The smallest absolute Gasteiger partial charge is 0.285 e. The first-order valence-electron chi connectivity index (χ1n) is 10.0. The van der Waals surface area contributed by atoms with Crippen molar-refractivity contribution in [2.24, 2.45) is 15.4 Å². The number of nitrogens with zero attached hydrogens (tertiary/aromatic N) is 3. The Morgan fingerprint density at radius 3 is 2.62 bits per heavy atom. The van der Waals surface area contributed by atoms with Crippen LogP contribution in [0, 0.1) is 5.92 Å². The molecule has 8 nitrogen and oxygen atoms in total. The molecule has 10 heteroatoms. The van der Waals surface area contributed by atoms with Gasteiger partial charge in [-0.3, -0.25) is 0 Å². The Hall–Kier alpha value is -2.62. The van der Waals surface area contributed by atoms with Crippen molar-refractivity contribution in [2.45, 2.75) is 18.7 Å². The number of hydrazone groups is 1. The van der Waals surface area contributed by atoms with Crippen molar-refractivity contribution in [3.05, 3.63) is 52.5 Å². The Labute approximate surface area is 193 Å². The molecule has 0 saturated carbocycles. The third-order valence-corrected chi connectivity index (χ3v) is 6.17. The SMILES string of the molecule is COCCOc1ccc2c(c1)C(N(CC(C)C)/N=C/c1ccc(Cl)c(OC)c1)=NS2(=O)=O. The van der Waals surface area contributed by atoms with Crippen molar-refractivity contribution in [1.82, 2.24) is 5.01 Å². The molecule has 0 amide bonds. The van der Waals surface area contributed by atoms with Gasteiger partial charge in [0.05, 0.1) is 25.0 Å². The van der Waals surface area contributed by atoms with Crippen molar-refractivity contribution in [1.29, 1.82) is 0 Å². The van der Waals surface area contributed by atoms with E-state index in [1.54, 1.807) is 48.7 Å². The van der Waals surface area contributed by atoms with Gasteiger partial charge in [0.2, 0.25) is 0 Å². The summed E-state index contributed by atoms with van der Waals surface area (Å²) in [5.41, 5.74) is 1.20. The molecule has 32 heavy (non-hydrogen) atoms. The van der Waals surface area contributed by atoms with E-state index in [2.05, 4.69) is 9.50 Å². The normalized spacial score (nSPS) is 14.5. The molecule has 0 fully saturated rings. The minimum atomic E-state index is -3.82. The summed E-state index contributed by atoms with van der Waals surface area (Å²) in [6, 6.07) is 10.0. The standard InChI is InChI=1S/C22H26ClN3O5S/c1-15(2)14-26(24-13-16-5-7-19(23)20(11-16)30-4)22-18-12-17(31-10-9-29-3)6-8-21(18)32(27,28)25-22/h5-8,11-13,15H,9-10,14H2,1-4H3/b24-13+. The molecule has 2 aromatic rings. The van der Waals surface area contributed by atoms with Crippen LogP contribution in [0.15, 0.2) is 50.8 Å². The summed E-state index contributed by atoms with van der Waals surface area (Å²) < 4.78 is 45.2. The highest BCUT2D eigenvalue weighted by Gasteiger charge is 2.33. The van der Waals surface area contributed by atoms with E-state index in [0.717, 1.165) is 5.56 Å². The van der Waals surface area contributed by atoms with Gasteiger partial charge in [0.15, 0.2) is 5.84 Å². The monoisotopic (exact) mass is 479 g/mol. The van der Waals surface area contributed by atoms with Crippen molar-refractivity contribution < 1.29 is 22.6 Å². The first kappa shape index (κ1) is 24.0. The van der Waals surface area contributed by atoms with Gasteiger partial charge in [-0.25, -0.2) is 5.01 Å². The third kappa shape index (κ3) is 5.59.